The molecule has 20 heavy (non-hydrogen) atoms. The lowest BCUT2D eigenvalue weighted by Crippen LogP contribution is -2.34. The number of nitrogens with one attached hydrogen (secondary N) is 1. The first kappa shape index (κ1) is 14.8. The summed E-state index contributed by atoms with van der Waals surface area (Å²) in [5, 5.41) is 9.67. The monoisotopic (exact) mass is 334 g/mol. The Labute approximate surface area is 127 Å². The van der Waals surface area contributed by atoms with Gasteiger partial charge in [0.2, 0.25) is 0 Å². The van der Waals surface area contributed by atoms with Gasteiger partial charge in [0.1, 0.15) is 5.82 Å². The molecule has 2 aromatic rings. The maximum atomic E-state index is 7.41. The van der Waals surface area contributed by atoms with Crippen molar-refractivity contribution in [3.8, 4) is 0 Å². The van der Waals surface area contributed by atoms with Crippen LogP contribution in [0, 0.1) is 5.41 Å². The Morgan fingerprint density at radius 1 is 1.35 bits per heavy atom. The highest BCUT2D eigenvalue weighted by Gasteiger charge is 2.15. The van der Waals surface area contributed by atoms with Crippen LogP contribution in [0.2, 0.25) is 0 Å². The van der Waals surface area contributed by atoms with Crippen molar-refractivity contribution in [2.24, 2.45) is 5.73 Å². The number of hydrogen-bond donors (Lipinski definition) is 2. The molecule has 0 bridgehead atoms. The molecule has 2 rings (SSSR count). The second-order valence-corrected chi connectivity index (χ2v) is 5.89. The summed E-state index contributed by atoms with van der Waals surface area (Å²) >= 11 is 3.58. The quantitative estimate of drug-likeness (QED) is 0.649. The molecule has 0 unspecified atom stereocenters. The van der Waals surface area contributed by atoms with Crippen molar-refractivity contribution in [1.29, 1.82) is 5.41 Å². The molecule has 0 spiro atoms. The maximum Gasteiger partial charge on any atom is 0.136 e. The van der Waals surface area contributed by atoms with Crippen molar-refractivity contribution in [1.82, 2.24) is 4.98 Å². The van der Waals surface area contributed by atoms with E-state index in [0.717, 1.165) is 21.1 Å². The second-order valence-electron chi connectivity index (χ2n) is 5.03. The van der Waals surface area contributed by atoms with Crippen LogP contribution < -0.4 is 10.6 Å². The molecule has 0 aliphatic rings. The smallest absolute Gasteiger partial charge is 0.136 e. The van der Waals surface area contributed by atoms with E-state index in [4.69, 9.17) is 11.1 Å². The third-order valence-corrected chi connectivity index (χ3v) is 3.94. The minimum Gasteiger partial charge on any atom is -0.388 e. The molecular weight excluding hydrogens is 316 g/mol. The third kappa shape index (κ3) is 3.10. The third-order valence-electron chi connectivity index (χ3n) is 3.25. The molecule has 0 aliphatic heterocycles. The zero-order valence-electron chi connectivity index (χ0n) is 11.7. The number of benzene rings is 1. The van der Waals surface area contributed by atoms with Crippen molar-refractivity contribution in [3.05, 3.63) is 34.9 Å². The lowest BCUT2D eigenvalue weighted by molar-refractivity contribution is 0.682. The first-order valence-corrected chi connectivity index (χ1v) is 7.42. The SMILES string of the molecule is CC(C)N(CCC(=N)N)c1nccc2c(Br)cccc12. The van der Waals surface area contributed by atoms with Gasteiger partial charge >= 0.3 is 0 Å². The van der Waals surface area contributed by atoms with Gasteiger partial charge in [-0.2, -0.15) is 0 Å². The number of amidine groups is 1. The van der Waals surface area contributed by atoms with Crippen LogP contribution in [0.15, 0.2) is 34.9 Å². The Morgan fingerprint density at radius 2 is 2.10 bits per heavy atom. The number of nitrogens with zero attached hydrogens (tertiary/aromatic N) is 2. The van der Waals surface area contributed by atoms with Crippen molar-refractivity contribution >= 4 is 38.4 Å². The summed E-state index contributed by atoms with van der Waals surface area (Å²) in [4.78, 5) is 6.73. The summed E-state index contributed by atoms with van der Waals surface area (Å²) in [7, 11) is 0. The number of halogens is 1. The highest BCUT2D eigenvalue weighted by molar-refractivity contribution is 9.10. The topological polar surface area (TPSA) is 66.0 Å². The highest BCUT2D eigenvalue weighted by Crippen LogP contribution is 2.30. The summed E-state index contributed by atoms with van der Waals surface area (Å²) in [6, 6.07) is 8.42. The van der Waals surface area contributed by atoms with Crippen LogP contribution in [0.25, 0.3) is 10.8 Å². The van der Waals surface area contributed by atoms with Gasteiger partial charge in [-0.05, 0) is 26.0 Å². The molecule has 0 saturated heterocycles. The Kier molecular flexibility index (Phi) is 4.60. The first-order chi connectivity index (χ1) is 9.50. The van der Waals surface area contributed by atoms with E-state index in [-0.39, 0.29) is 5.84 Å². The summed E-state index contributed by atoms with van der Waals surface area (Å²) in [5.74, 6) is 1.15. The largest absolute Gasteiger partial charge is 0.388 e. The van der Waals surface area contributed by atoms with Crippen LogP contribution in [0.4, 0.5) is 5.82 Å². The first-order valence-electron chi connectivity index (χ1n) is 6.63. The molecule has 1 aromatic heterocycles. The number of anilines is 1. The molecule has 3 N–H and O–H groups in total. The predicted molar refractivity (Wildman–Crippen MR) is 88.5 cm³/mol. The van der Waals surface area contributed by atoms with Crippen LogP contribution in [0.5, 0.6) is 0 Å². The summed E-state index contributed by atoms with van der Waals surface area (Å²) in [5.41, 5.74) is 5.48. The number of rotatable bonds is 5. The molecule has 106 valence electrons. The van der Waals surface area contributed by atoms with Gasteiger partial charge in [-0.1, -0.05) is 28.1 Å². The average molecular weight is 335 g/mol. The van der Waals surface area contributed by atoms with E-state index in [2.05, 4.69) is 45.7 Å². The van der Waals surface area contributed by atoms with Gasteiger partial charge in [0.15, 0.2) is 0 Å². The van der Waals surface area contributed by atoms with Crippen molar-refractivity contribution in [3.63, 3.8) is 0 Å². The molecule has 1 aromatic carbocycles. The molecular formula is C15H19BrN4. The van der Waals surface area contributed by atoms with Gasteiger partial charge in [0.05, 0.1) is 5.84 Å². The lowest BCUT2D eigenvalue weighted by atomic mass is 10.1. The summed E-state index contributed by atoms with van der Waals surface area (Å²) in [6.07, 6.45) is 2.37. The fraction of sp³-hybridized carbons (Fsp3) is 0.333. The van der Waals surface area contributed by atoms with E-state index in [9.17, 15) is 0 Å². The van der Waals surface area contributed by atoms with Gasteiger partial charge in [0.25, 0.3) is 0 Å². The molecule has 0 radical (unpaired) electrons. The minimum absolute atomic E-state index is 0.206. The van der Waals surface area contributed by atoms with E-state index < -0.39 is 0 Å². The van der Waals surface area contributed by atoms with Crippen molar-refractivity contribution in [2.75, 3.05) is 11.4 Å². The van der Waals surface area contributed by atoms with Crippen LogP contribution in [-0.4, -0.2) is 23.4 Å². The Hall–Kier alpha value is -1.62. The van der Waals surface area contributed by atoms with Crippen LogP contribution in [-0.2, 0) is 0 Å². The number of aromatic nitrogens is 1. The summed E-state index contributed by atoms with van der Waals surface area (Å²) in [6.45, 7) is 4.95. The van der Waals surface area contributed by atoms with E-state index >= 15 is 0 Å². The molecule has 4 nitrogen and oxygen atoms in total. The Bertz CT molecular complexity index is 624. The average Bonchev–Trinajstić information content (AvgIpc) is 2.39. The zero-order valence-corrected chi connectivity index (χ0v) is 13.3. The minimum atomic E-state index is 0.206. The summed E-state index contributed by atoms with van der Waals surface area (Å²) < 4.78 is 1.06. The molecule has 0 aliphatic carbocycles. The van der Waals surface area contributed by atoms with Crippen LogP contribution >= 0.6 is 15.9 Å². The predicted octanol–water partition coefficient (Wildman–Crippen LogP) is 3.54. The van der Waals surface area contributed by atoms with E-state index in [0.29, 0.717) is 19.0 Å². The Balaban J connectivity index is 2.48. The fourth-order valence-electron chi connectivity index (χ4n) is 2.23. The fourth-order valence-corrected chi connectivity index (χ4v) is 2.73. The van der Waals surface area contributed by atoms with Gasteiger partial charge in [-0.25, -0.2) is 4.98 Å². The number of nitrogens with two attached hydrogens (primary N) is 1. The highest BCUT2D eigenvalue weighted by atomic mass is 79.9. The van der Waals surface area contributed by atoms with Gasteiger partial charge in [-0.15, -0.1) is 0 Å². The normalized spacial score (nSPS) is 11.0. The molecule has 0 saturated carbocycles. The second kappa shape index (κ2) is 6.22. The molecule has 0 atom stereocenters. The van der Waals surface area contributed by atoms with E-state index in [1.807, 2.05) is 24.4 Å². The maximum absolute atomic E-state index is 7.41. The number of pyridine rings is 1. The molecule has 5 heteroatoms. The molecule has 0 fully saturated rings. The van der Waals surface area contributed by atoms with Crippen LogP contribution in [0.3, 0.4) is 0 Å². The van der Waals surface area contributed by atoms with E-state index in [1.165, 1.54) is 0 Å². The van der Waals surface area contributed by atoms with Gasteiger partial charge in [0, 0.05) is 40.4 Å². The standard InChI is InChI=1S/C15H19BrN4/c1-10(2)20(9-7-14(17)18)15-12-4-3-5-13(16)11(12)6-8-19-15/h3-6,8,10H,7,9H2,1-2H3,(H3,17,18). The molecule has 0 amide bonds. The number of hydrogen-bond acceptors (Lipinski definition) is 3. The van der Waals surface area contributed by atoms with Gasteiger partial charge in [-0.3, -0.25) is 5.41 Å². The zero-order chi connectivity index (χ0) is 14.7. The number of fused-ring (bicyclic) bond motifs is 1. The van der Waals surface area contributed by atoms with E-state index in [1.54, 1.807) is 0 Å². The van der Waals surface area contributed by atoms with Crippen molar-refractivity contribution < 1.29 is 0 Å². The van der Waals surface area contributed by atoms with Crippen LogP contribution in [0.1, 0.15) is 20.3 Å². The van der Waals surface area contributed by atoms with Crippen molar-refractivity contribution in [2.45, 2.75) is 26.3 Å². The Morgan fingerprint density at radius 3 is 2.75 bits per heavy atom. The van der Waals surface area contributed by atoms with Gasteiger partial charge < -0.3 is 10.6 Å². The lowest BCUT2D eigenvalue weighted by Gasteiger charge is -2.29. The molecule has 1 heterocycles.